The van der Waals surface area contributed by atoms with Crippen molar-refractivity contribution in [2.24, 2.45) is 0 Å². The zero-order valence-electron chi connectivity index (χ0n) is 26.1. The molecule has 0 saturated carbocycles. The molecule has 2 aromatic heterocycles. The molecule has 0 radical (unpaired) electrons. The van der Waals surface area contributed by atoms with Gasteiger partial charge in [0.15, 0.2) is 5.60 Å². The molecule has 0 N–H and O–H groups in total. The molecule has 0 fully saturated rings. The molecule has 224 valence electrons. The van der Waals surface area contributed by atoms with Crippen LogP contribution in [0.5, 0.6) is 0 Å². The van der Waals surface area contributed by atoms with Crippen molar-refractivity contribution in [2.45, 2.75) is 91.3 Å². The number of aromatic nitrogens is 2. The second kappa shape index (κ2) is 11.0. The normalized spacial score (nSPS) is 17.7. The maximum Gasteiger partial charge on any atom is 0.343 e. The van der Waals surface area contributed by atoms with Gasteiger partial charge in [-0.2, -0.15) is 0 Å². The van der Waals surface area contributed by atoms with Crippen molar-refractivity contribution in [2.75, 3.05) is 6.54 Å². The number of cyclic esters (lactones) is 1. The lowest BCUT2D eigenvalue weighted by Crippen LogP contribution is -2.49. The summed E-state index contributed by atoms with van der Waals surface area (Å²) in [6.07, 6.45) is 1.18. The van der Waals surface area contributed by atoms with Gasteiger partial charge in [0.05, 0.1) is 34.6 Å². The van der Waals surface area contributed by atoms with Crippen LogP contribution in [-0.4, -0.2) is 38.6 Å². The number of rotatable bonds is 8. The van der Waals surface area contributed by atoms with Gasteiger partial charge in [-0.25, -0.2) is 9.78 Å². The van der Waals surface area contributed by atoms with Crippen LogP contribution in [0.25, 0.3) is 22.3 Å². The molecule has 4 heterocycles. The number of pyridine rings is 2. The van der Waals surface area contributed by atoms with Gasteiger partial charge in [0, 0.05) is 35.6 Å². The largest absolute Gasteiger partial charge is 0.458 e. The molecule has 0 aliphatic carbocycles. The van der Waals surface area contributed by atoms with Crippen LogP contribution in [0.4, 0.5) is 0 Å². The Labute approximate surface area is 253 Å². The lowest BCUT2D eigenvalue weighted by molar-refractivity contribution is -0.200. The first-order valence-electron chi connectivity index (χ1n) is 15.4. The van der Waals surface area contributed by atoms with Gasteiger partial charge in [-0.05, 0) is 70.7 Å². The zero-order valence-corrected chi connectivity index (χ0v) is 26.1. The fourth-order valence-electron chi connectivity index (χ4n) is 6.67. The first-order chi connectivity index (χ1) is 20.5. The SMILES string of the molecule is CC[C@@]1(OC(C)(C)C)C(=O)OCc2c1cc1n(c2=O)Cc2c-1nc1ccccc1c2CCN(Cc1ccccc1)C(C)C. The Morgan fingerprint density at radius 3 is 2.47 bits per heavy atom. The summed E-state index contributed by atoms with van der Waals surface area (Å²) in [5, 5.41) is 1.12. The topological polar surface area (TPSA) is 73.7 Å². The predicted octanol–water partition coefficient (Wildman–Crippen LogP) is 6.36. The first-order valence-corrected chi connectivity index (χ1v) is 15.4. The Morgan fingerprint density at radius 1 is 1.05 bits per heavy atom. The van der Waals surface area contributed by atoms with E-state index in [0.717, 1.165) is 47.4 Å². The summed E-state index contributed by atoms with van der Waals surface area (Å²) in [5.41, 5.74) is 5.02. The summed E-state index contributed by atoms with van der Waals surface area (Å²) in [4.78, 5) is 35.0. The van der Waals surface area contributed by atoms with Gasteiger partial charge < -0.3 is 14.0 Å². The van der Waals surface area contributed by atoms with Gasteiger partial charge in [-0.3, -0.25) is 9.69 Å². The number of carbonyl (C=O) groups excluding carboxylic acids is 1. The van der Waals surface area contributed by atoms with E-state index in [1.807, 2.05) is 45.9 Å². The highest BCUT2D eigenvalue weighted by Gasteiger charge is 2.50. The third kappa shape index (κ3) is 5.19. The number of para-hydroxylation sites is 1. The number of hydrogen-bond donors (Lipinski definition) is 0. The smallest absolute Gasteiger partial charge is 0.343 e. The van der Waals surface area contributed by atoms with Gasteiger partial charge in [0.1, 0.15) is 6.61 Å². The number of benzene rings is 2. The third-order valence-corrected chi connectivity index (χ3v) is 8.77. The molecule has 0 spiro atoms. The number of esters is 1. The van der Waals surface area contributed by atoms with Crippen molar-refractivity contribution in [3.8, 4) is 11.4 Å². The van der Waals surface area contributed by atoms with E-state index in [-0.39, 0.29) is 12.2 Å². The van der Waals surface area contributed by atoms with E-state index in [4.69, 9.17) is 14.5 Å². The minimum absolute atomic E-state index is 0.0516. The van der Waals surface area contributed by atoms with Crippen molar-refractivity contribution >= 4 is 16.9 Å². The van der Waals surface area contributed by atoms with Gasteiger partial charge in [0.25, 0.3) is 5.56 Å². The van der Waals surface area contributed by atoms with E-state index >= 15 is 0 Å². The van der Waals surface area contributed by atoms with Gasteiger partial charge in [-0.15, -0.1) is 0 Å². The van der Waals surface area contributed by atoms with Crippen LogP contribution in [0.1, 0.15) is 75.8 Å². The predicted molar refractivity (Wildman–Crippen MR) is 169 cm³/mol. The summed E-state index contributed by atoms with van der Waals surface area (Å²) in [7, 11) is 0. The highest BCUT2D eigenvalue weighted by Crippen LogP contribution is 2.43. The van der Waals surface area contributed by atoms with E-state index in [1.54, 1.807) is 4.57 Å². The Kier molecular flexibility index (Phi) is 7.51. The molecule has 2 aliphatic rings. The van der Waals surface area contributed by atoms with Gasteiger partial charge in [-0.1, -0.05) is 55.5 Å². The van der Waals surface area contributed by atoms with Gasteiger partial charge >= 0.3 is 5.97 Å². The van der Waals surface area contributed by atoms with E-state index < -0.39 is 17.2 Å². The van der Waals surface area contributed by atoms with Crippen molar-refractivity contribution < 1.29 is 14.3 Å². The Hall–Kier alpha value is -3.81. The van der Waals surface area contributed by atoms with E-state index in [9.17, 15) is 9.59 Å². The van der Waals surface area contributed by atoms with Crippen LogP contribution in [0.3, 0.4) is 0 Å². The molecule has 7 nitrogen and oxygen atoms in total. The molecule has 6 rings (SSSR count). The second-order valence-electron chi connectivity index (χ2n) is 13.0. The minimum Gasteiger partial charge on any atom is -0.458 e. The van der Waals surface area contributed by atoms with Crippen molar-refractivity contribution in [1.82, 2.24) is 14.5 Å². The quantitative estimate of drug-likeness (QED) is 0.199. The van der Waals surface area contributed by atoms with Crippen LogP contribution in [-0.2, 0) is 46.0 Å². The van der Waals surface area contributed by atoms with E-state index in [2.05, 4.69) is 61.2 Å². The van der Waals surface area contributed by atoms with Crippen molar-refractivity contribution in [1.29, 1.82) is 0 Å². The Morgan fingerprint density at radius 2 is 1.77 bits per heavy atom. The van der Waals surface area contributed by atoms with Crippen LogP contribution in [0, 0.1) is 0 Å². The maximum atomic E-state index is 14.1. The summed E-state index contributed by atoms with van der Waals surface area (Å²) < 4.78 is 13.8. The molecule has 0 saturated heterocycles. The Bertz CT molecular complexity index is 1750. The zero-order chi connectivity index (χ0) is 30.5. The third-order valence-electron chi connectivity index (χ3n) is 8.77. The number of nitrogens with zero attached hydrogens (tertiary/aromatic N) is 3. The average molecular weight is 580 g/mol. The number of hydrogen-bond acceptors (Lipinski definition) is 6. The summed E-state index contributed by atoms with van der Waals surface area (Å²) >= 11 is 0. The molecule has 43 heavy (non-hydrogen) atoms. The van der Waals surface area contributed by atoms with Crippen LogP contribution < -0.4 is 5.56 Å². The average Bonchev–Trinajstić information content (AvgIpc) is 3.34. The molecule has 7 heteroatoms. The molecule has 2 aliphatic heterocycles. The highest BCUT2D eigenvalue weighted by molar-refractivity contribution is 5.89. The molecular formula is C36H41N3O4. The summed E-state index contributed by atoms with van der Waals surface area (Å²) in [6.45, 7) is 14.3. The Balaban J connectivity index is 1.46. The van der Waals surface area contributed by atoms with E-state index in [0.29, 0.717) is 30.1 Å². The molecule has 0 unspecified atom stereocenters. The van der Waals surface area contributed by atoms with Crippen LogP contribution >= 0.6 is 0 Å². The number of carbonyl (C=O) groups is 1. The fourth-order valence-corrected chi connectivity index (χ4v) is 6.67. The number of fused-ring (bicyclic) bond motifs is 5. The molecule has 4 aromatic rings. The molecular weight excluding hydrogens is 538 g/mol. The van der Waals surface area contributed by atoms with E-state index in [1.165, 1.54) is 11.1 Å². The first kappa shape index (κ1) is 29.3. The highest BCUT2D eigenvalue weighted by atomic mass is 16.6. The second-order valence-corrected chi connectivity index (χ2v) is 13.0. The lowest BCUT2D eigenvalue weighted by Gasteiger charge is -2.40. The van der Waals surface area contributed by atoms with Crippen molar-refractivity contribution in [3.05, 3.63) is 98.8 Å². The van der Waals surface area contributed by atoms with Crippen LogP contribution in [0.2, 0.25) is 0 Å². The number of ether oxygens (including phenoxy) is 2. The molecule has 0 amide bonds. The maximum absolute atomic E-state index is 14.1. The summed E-state index contributed by atoms with van der Waals surface area (Å²) in [6, 6.07) is 21.2. The van der Waals surface area contributed by atoms with Crippen LogP contribution in [0.15, 0.2) is 65.5 Å². The monoisotopic (exact) mass is 579 g/mol. The van der Waals surface area contributed by atoms with Gasteiger partial charge in [0.2, 0.25) is 0 Å². The molecule has 1 atom stereocenters. The fraction of sp³-hybridized carbons (Fsp3) is 0.417. The molecule has 2 aromatic carbocycles. The minimum atomic E-state index is -1.35. The summed E-state index contributed by atoms with van der Waals surface area (Å²) in [5.74, 6) is -0.445. The lowest BCUT2D eigenvalue weighted by atomic mass is 9.84. The molecule has 0 bridgehead atoms. The van der Waals surface area contributed by atoms with Crippen molar-refractivity contribution in [3.63, 3.8) is 0 Å². The standard InChI is InChI=1S/C36H41N3O4/c1-7-36(43-35(4,5)6)29-19-31-32-27(21-39(31)33(40)28(29)22-42-34(36)41)25(26-15-11-12-16-30(26)37-32)17-18-38(23(2)3)20-24-13-9-8-10-14-24/h8-16,19,23H,7,17-18,20-22H2,1-6H3/t36-/m0/s1.